The molecule has 3 rings (SSSR count). The molecule has 0 bridgehead atoms. The Labute approximate surface area is 134 Å². The van der Waals surface area contributed by atoms with Crippen LogP contribution in [0.2, 0.25) is 0 Å². The summed E-state index contributed by atoms with van der Waals surface area (Å²) < 4.78 is 34.2. The molecule has 0 aromatic carbocycles. The smallest absolute Gasteiger partial charge is 0.282 e. The predicted molar refractivity (Wildman–Crippen MR) is 89.0 cm³/mol. The van der Waals surface area contributed by atoms with Crippen LogP contribution in [-0.2, 0) is 10.1 Å². The quantitative estimate of drug-likeness (QED) is 0.754. The van der Waals surface area contributed by atoms with Gasteiger partial charge in [0, 0.05) is 5.92 Å². The van der Waals surface area contributed by atoms with Gasteiger partial charge < -0.3 is 0 Å². The number of hydrogen-bond acceptors (Lipinski definition) is 2. The Kier molecular flexibility index (Phi) is 5.08. The average Bonchev–Trinajstić information content (AvgIpc) is 2.55. The van der Waals surface area contributed by atoms with Crippen molar-refractivity contribution in [3.05, 3.63) is 22.6 Å². The summed E-state index contributed by atoms with van der Waals surface area (Å²) in [6.45, 7) is 0. The van der Waals surface area contributed by atoms with E-state index in [0.717, 1.165) is 37.7 Å². The third kappa shape index (κ3) is 3.48. The summed E-state index contributed by atoms with van der Waals surface area (Å²) in [6.07, 6.45) is 16.5. The van der Waals surface area contributed by atoms with E-state index in [1.165, 1.54) is 38.5 Å². The number of hydrogen-bond donors (Lipinski definition) is 1. The van der Waals surface area contributed by atoms with Gasteiger partial charge in [-0.2, -0.15) is 8.42 Å². The molecule has 0 heterocycles. The van der Waals surface area contributed by atoms with E-state index in [0.29, 0.717) is 16.7 Å². The molecule has 1 N–H and O–H groups in total. The van der Waals surface area contributed by atoms with Crippen LogP contribution < -0.4 is 0 Å². The SMILES string of the molecule is O=S(=O)(O)C1=C(C2CCCCC2)C=CCC1C1CCCCC1. The van der Waals surface area contributed by atoms with Crippen molar-refractivity contribution in [2.75, 3.05) is 0 Å². The van der Waals surface area contributed by atoms with Crippen molar-refractivity contribution < 1.29 is 13.0 Å². The fourth-order valence-corrected chi connectivity index (χ4v) is 5.98. The highest BCUT2D eigenvalue weighted by atomic mass is 32.2. The molecular weight excluding hydrogens is 296 g/mol. The lowest BCUT2D eigenvalue weighted by molar-refractivity contribution is 0.275. The normalized spacial score (nSPS) is 29.0. The van der Waals surface area contributed by atoms with Crippen molar-refractivity contribution in [1.82, 2.24) is 0 Å². The van der Waals surface area contributed by atoms with E-state index in [1.54, 1.807) is 0 Å². The lowest BCUT2D eigenvalue weighted by Gasteiger charge is -2.35. The van der Waals surface area contributed by atoms with Crippen LogP contribution in [0.25, 0.3) is 0 Å². The Balaban J connectivity index is 1.96. The Morgan fingerprint density at radius 2 is 1.50 bits per heavy atom. The third-order valence-electron chi connectivity index (χ3n) is 5.85. The molecule has 0 saturated heterocycles. The molecule has 1 unspecified atom stereocenters. The van der Waals surface area contributed by atoms with Crippen LogP contribution in [0.5, 0.6) is 0 Å². The maximum atomic E-state index is 12.2. The minimum absolute atomic E-state index is 0.0113. The Morgan fingerprint density at radius 1 is 0.909 bits per heavy atom. The Morgan fingerprint density at radius 3 is 2.09 bits per heavy atom. The standard InChI is InChI=1S/C18H28O3S/c19-22(20,21)18-16(14-8-3-1-4-9-14)12-7-13-17(18)15-10-5-2-6-11-15/h7,12,14-15,17H,1-6,8-11,13H2,(H,19,20,21). The first kappa shape index (κ1) is 16.3. The predicted octanol–water partition coefficient (Wildman–Crippen LogP) is 4.87. The van der Waals surface area contributed by atoms with Gasteiger partial charge in [0.05, 0.1) is 4.91 Å². The van der Waals surface area contributed by atoms with Crippen LogP contribution in [0.15, 0.2) is 22.6 Å². The highest BCUT2D eigenvalue weighted by Gasteiger charge is 2.37. The average molecular weight is 324 g/mol. The number of allylic oxidation sites excluding steroid dienone is 4. The molecule has 0 aliphatic heterocycles. The highest BCUT2D eigenvalue weighted by molar-refractivity contribution is 7.89. The van der Waals surface area contributed by atoms with Crippen LogP contribution in [-0.4, -0.2) is 13.0 Å². The van der Waals surface area contributed by atoms with Gasteiger partial charge in [-0.25, -0.2) is 0 Å². The summed E-state index contributed by atoms with van der Waals surface area (Å²) in [6, 6.07) is 0. The molecule has 1 atom stereocenters. The topological polar surface area (TPSA) is 54.4 Å². The van der Waals surface area contributed by atoms with Crippen LogP contribution in [0.4, 0.5) is 0 Å². The van der Waals surface area contributed by atoms with Crippen LogP contribution in [0.1, 0.15) is 70.6 Å². The molecule has 0 amide bonds. The zero-order valence-electron chi connectivity index (χ0n) is 13.3. The second-order valence-electron chi connectivity index (χ2n) is 7.27. The van der Waals surface area contributed by atoms with Gasteiger partial charge in [0.2, 0.25) is 0 Å². The van der Waals surface area contributed by atoms with Crippen molar-refractivity contribution in [1.29, 1.82) is 0 Å². The van der Waals surface area contributed by atoms with E-state index >= 15 is 0 Å². The molecule has 2 fully saturated rings. The summed E-state index contributed by atoms with van der Waals surface area (Å²) in [5.41, 5.74) is 0.934. The molecule has 4 heteroatoms. The summed E-state index contributed by atoms with van der Waals surface area (Å²) in [7, 11) is -4.09. The Hall–Kier alpha value is -0.610. The van der Waals surface area contributed by atoms with Crippen molar-refractivity contribution in [2.45, 2.75) is 70.6 Å². The van der Waals surface area contributed by atoms with E-state index in [4.69, 9.17) is 0 Å². The van der Waals surface area contributed by atoms with E-state index in [9.17, 15) is 13.0 Å². The van der Waals surface area contributed by atoms with Crippen molar-refractivity contribution >= 4 is 10.1 Å². The molecule has 0 spiro atoms. The zero-order valence-corrected chi connectivity index (χ0v) is 14.2. The molecular formula is C18H28O3S. The van der Waals surface area contributed by atoms with Crippen molar-refractivity contribution in [2.24, 2.45) is 17.8 Å². The van der Waals surface area contributed by atoms with Gasteiger partial charge in [-0.15, -0.1) is 0 Å². The summed E-state index contributed by atoms with van der Waals surface area (Å²) in [5.74, 6) is 0.764. The van der Waals surface area contributed by atoms with Gasteiger partial charge in [0.15, 0.2) is 0 Å². The first-order chi connectivity index (χ1) is 10.6. The van der Waals surface area contributed by atoms with Gasteiger partial charge in [0.25, 0.3) is 10.1 Å². The maximum absolute atomic E-state index is 12.2. The van der Waals surface area contributed by atoms with Crippen molar-refractivity contribution in [3.63, 3.8) is 0 Å². The fourth-order valence-electron chi connectivity index (χ4n) is 4.78. The lowest BCUT2D eigenvalue weighted by Crippen LogP contribution is -2.28. The van der Waals surface area contributed by atoms with E-state index in [-0.39, 0.29) is 5.92 Å². The highest BCUT2D eigenvalue weighted by Crippen LogP contribution is 2.44. The van der Waals surface area contributed by atoms with Gasteiger partial charge in [-0.1, -0.05) is 50.7 Å². The zero-order chi connectivity index (χ0) is 15.6. The second-order valence-corrected chi connectivity index (χ2v) is 8.66. The molecule has 0 aromatic heterocycles. The molecule has 0 radical (unpaired) electrons. The monoisotopic (exact) mass is 324 g/mol. The summed E-state index contributed by atoms with van der Waals surface area (Å²) in [4.78, 5) is 0.383. The van der Waals surface area contributed by atoms with Crippen LogP contribution in [0, 0.1) is 17.8 Å². The largest absolute Gasteiger partial charge is 0.291 e. The molecule has 3 nitrogen and oxygen atoms in total. The van der Waals surface area contributed by atoms with Gasteiger partial charge >= 0.3 is 0 Å². The first-order valence-electron chi connectivity index (χ1n) is 8.95. The fraction of sp³-hybridized carbons (Fsp3) is 0.778. The molecule has 2 saturated carbocycles. The van der Waals surface area contributed by atoms with Crippen LogP contribution >= 0.6 is 0 Å². The minimum atomic E-state index is -4.09. The Bertz CT molecular complexity index is 547. The van der Waals surface area contributed by atoms with E-state index in [1.807, 2.05) is 6.08 Å². The molecule has 3 aliphatic carbocycles. The van der Waals surface area contributed by atoms with E-state index in [2.05, 4.69) is 6.08 Å². The van der Waals surface area contributed by atoms with E-state index < -0.39 is 10.1 Å². The molecule has 3 aliphatic rings. The first-order valence-corrected chi connectivity index (χ1v) is 10.4. The minimum Gasteiger partial charge on any atom is -0.282 e. The van der Waals surface area contributed by atoms with Gasteiger partial charge in [-0.05, 0) is 49.5 Å². The summed E-state index contributed by atoms with van der Waals surface area (Å²) >= 11 is 0. The molecule has 124 valence electrons. The summed E-state index contributed by atoms with van der Waals surface area (Å²) in [5, 5.41) is 0. The lowest BCUT2D eigenvalue weighted by atomic mass is 9.73. The molecule has 0 aromatic rings. The van der Waals surface area contributed by atoms with Crippen LogP contribution in [0.3, 0.4) is 0 Å². The second kappa shape index (κ2) is 6.88. The molecule has 22 heavy (non-hydrogen) atoms. The van der Waals surface area contributed by atoms with Crippen molar-refractivity contribution in [3.8, 4) is 0 Å². The maximum Gasteiger partial charge on any atom is 0.291 e. The third-order valence-corrected chi connectivity index (χ3v) is 6.94. The number of rotatable bonds is 3. The van der Waals surface area contributed by atoms with Gasteiger partial charge in [0.1, 0.15) is 0 Å². The van der Waals surface area contributed by atoms with Gasteiger partial charge in [-0.3, -0.25) is 4.55 Å².